The van der Waals surface area contributed by atoms with Gasteiger partial charge in [0.1, 0.15) is 18.2 Å². The van der Waals surface area contributed by atoms with Gasteiger partial charge >= 0.3 is 0 Å². The number of ether oxygens (including phenoxy) is 1. The van der Waals surface area contributed by atoms with Gasteiger partial charge in [-0.15, -0.1) is 0 Å². The summed E-state index contributed by atoms with van der Waals surface area (Å²) >= 11 is 5.82. The molecule has 0 fully saturated rings. The Labute approximate surface area is 127 Å². The molecular weight excluding hydrogens is 293 g/mol. The monoisotopic (exact) mass is 307 g/mol. The standard InChI is InChI=1S/C16H15ClFNO2/c1-11-5-2-3-8-14(11)21-10-9-19-16(20)15-12(17)6-4-7-13(15)18/h2-8H,9-10H2,1H3,(H,19,20). The van der Waals surface area contributed by atoms with E-state index in [1.165, 1.54) is 18.2 Å². The number of aryl methyl sites for hydroxylation is 1. The Morgan fingerprint density at radius 2 is 2.00 bits per heavy atom. The van der Waals surface area contributed by atoms with E-state index >= 15 is 0 Å². The molecular formula is C16H15ClFNO2. The Bertz CT molecular complexity index is 626. The zero-order chi connectivity index (χ0) is 15.2. The van der Waals surface area contributed by atoms with Crippen molar-refractivity contribution in [3.63, 3.8) is 0 Å². The third-order valence-electron chi connectivity index (χ3n) is 2.93. The van der Waals surface area contributed by atoms with E-state index in [9.17, 15) is 9.18 Å². The molecule has 0 spiro atoms. The van der Waals surface area contributed by atoms with Gasteiger partial charge in [0.25, 0.3) is 5.91 Å². The van der Waals surface area contributed by atoms with Crippen LogP contribution in [0.5, 0.6) is 5.75 Å². The zero-order valence-corrected chi connectivity index (χ0v) is 12.3. The average Bonchev–Trinajstić information content (AvgIpc) is 2.45. The first kappa shape index (κ1) is 15.3. The Hall–Kier alpha value is -2.07. The van der Waals surface area contributed by atoms with Crippen LogP contribution in [0.25, 0.3) is 0 Å². The van der Waals surface area contributed by atoms with Crippen LogP contribution in [0.3, 0.4) is 0 Å². The smallest absolute Gasteiger partial charge is 0.255 e. The second-order valence-electron chi connectivity index (χ2n) is 4.47. The number of hydrogen-bond acceptors (Lipinski definition) is 2. The molecule has 1 amide bonds. The topological polar surface area (TPSA) is 38.3 Å². The molecule has 0 saturated carbocycles. The maximum absolute atomic E-state index is 13.6. The predicted molar refractivity (Wildman–Crippen MR) is 80.4 cm³/mol. The number of amides is 1. The Balaban J connectivity index is 1.87. The molecule has 2 rings (SSSR count). The number of hydrogen-bond donors (Lipinski definition) is 1. The molecule has 0 unspecified atom stereocenters. The highest BCUT2D eigenvalue weighted by Gasteiger charge is 2.14. The highest BCUT2D eigenvalue weighted by atomic mass is 35.5. The first-order valence-electron chi connectivity index (χ1n) is 6.50. The molecule has 0 saturated heterocycles. The Morgan fingerprint density at radius 3 is 2.71 bits per heavy atom. The summed E-state index contributed by atoms with van der Waals surface area (Å²) in [5, 5.41) is 2.67. The number of carbonyl (C=O) groups is 1. The molecule has 3 nitrogen and oxygen atoms in total. The zero-order valence-electron chi connectivity index (χ0n) is 11.5. The second kappa shape index (κ2) is 7.09. The van der Waals surface area contributed by atoms with Crippen LogP contribution in [0.2, 0.25) is 5.02 Å². The normalized spacial score (nSPS) is 10.2. The Morgan fingerprint density at radius 1 is 1.24 bits per heavy atom. The van der Waals surface area contributed by atoms with Gasteiger partial charge in [0.15, 0.2) is 0 Å². The molecule has 21 heavy (non-hydrogen) atoms. The van der Waals surface area contributed by atoms with Crippen LogP contribution in [-0.4, -0.2) is 19.1 Å². The van der Waals surface area contributed by atoms with Gasteiger partial charge in [-0.3, -0.25) is 4.79 Å². The van der Waals surface area contributed by atoms with Crippen molar-refractivity contribution in [1.82, 2.24) is 5.32 Å². The van der Waals surface area contributed by atoms with Gasteiger partial charge in [-0.25, -0.2) is 4.39 Å². The SMILES string of the molecule is Cc1ccccc1OCCNC(=O)c1c(F)cccc1Cl. The van der Waals surface area contributed by atoms with Gasteiger partial charge < -0.3 is 10.1 Å². The molecule has 2 aromatic carbocycles. The summed E-state index contributed by atoms with van der Waals surface area (Å²) in [6.07, 6.45) is 0. The molecule has 2 aromatic rings. The average molecular weight is 308 g/mol. The number of carbonyl (C=O) groups excluding carboxylic acids is 1. The molecule has 0 atom stereocenters. The van der Waals surface area contributed by atoms with E-state index in [0.717, 1.165) is 11.3 Å². The summed E-state index contributed by atoms with van der Waals surface area (Å²) in [6.45, 7) is 2.49. The lowest BCUT2D eigenvalue weighted by atomic mass is 10.2. The van der Waals surface area contributed by atoms with E-state index in [0.29, 0.717) is 6.61 Å². The van der Waals surface area contributed by atoms with Crippen molar-refractivity contribution >= 4 is 17.5 Å². The van der Waals surface area contributed by atoms with Gasteiger partial charge in [0, 0.05) is 0 Å². The largest absolute Gasteiger partial charge is 0.491 e. The maximum Gasteiger partial charge on any atom is 0.255 e. The summed E-state index contributed by atoms with van der Waals surface area (Å²) in [5.41, 5.74) is 0.871. The summed E-state index contributed by atoms with van der Waals surface area (Å²) in [5.74, 6) is -0.429. The van der Waals surface area contributed by atoms with Crippen molar-refractivity contribution in [2.45, 2.75) is 6.92 Å². The first-order valence-corrected chi connectivity index (χ1v) is 6.88. The fraction of sp³-hybridized carbons (Fsp3) is 0.188. The van der Waals surface area contributed by atoms with Crippen molar-refractivity contribution in [3.8, 4) is 5.75 Å². The quantitative estimate of drug-likeness (QED) is 0.857. The lowest BCUT2D eigenvalue weighted by Gasteiger charge is -2.10. The van der Waals surface area contributed by atoms with Gasteiger partial charge in [-0.2, -0.15) is 0 Å². The van der Waals surface area contributed by atoms with Gasteiger partial charge in [-0.05, 0) is 30.7 Å². The number of para-hydroxylation sites is 1. The molecule has 5 heteroatoms. The van der Waals surface area contributed by atoms with Gasteiger partial charge in [0.05, 0.1) is 17.1 Å². The lowest BCUT2D eigenvalue weighted by molar-refractivity contribution is 0.0943. The highest BCUT2D eigenvalue weighted by molar-refractivity contribution is 6.33. The van der Waals surface area contributed by atoms with Crippen LogP contribution in [0.15, 0.2) is 42.5 Å². The van der Waals surface area contributed by atoms with E-state index < -0.39 is 11.7 Å². The minimum atomic E-state index is -0.639. The second-order valence-corrected chi connectivity index (χ2v) is 4.87. The number of nitrogens with one attached hydrogen (secondary N) is 1. The minimum Gasteiger partial charge on any atom is -0.491 e. The molecule has 0 heterocycles. The molecule has 0 aliphatic heterocycles. The highest BCUT2D eigenvalue weighted by Crippen LogP contribution is 2.18. The summed E-state index contributed by atoms with van der Waals surface area (Å²) in [4.78, 5) is 11.9. The molecule has 110 valence electrons. The number of halogens is 2. The number of benzene rings is 2. The molecule has 0 aromatic heterocycles. The molecule has 0 radical (unpaired) electrons. The van der Waals surface area contributed by atoms with Crippen LogP contribution < -0.4 is 10.1 Å². The predicted octanol–water partition coefficient (Wildman–Crippen LogP) is 3.60. The molecule has 0 aliphatic rings. The Kier molecular flexibility index (Phi) is 5.17. The van der Waals surface area contributed by atoms with E-state index in [4.69, 9.17) is 16.3 Å². The van der Waals surface area contributed by atoms with Crippen LogP contribution in [0, 0.1) is 12.7 Å². The molecule has 0 bridgehead atoms. The third kappa shape index (κ3) is 3.95. The van der Waals surface area contributed by atoms with Crippen LogP contribution >= 0.6 is 11.6 Å². The first-order chi connectivity index (χ1) is 10.1. The van der Waals surface area contributed by atoms with Crippen molar-refractivity contribution in [1.29, 1.82) is 0 Å². The van der Waals surface area contributed by atoms with Crippen LogP contribution in [0.1, 0.15) is 15.9 Å². The van der Waals surface area contributed by atoms with Gasteiger partial charge in [-0.1, -0.05) is 35.9 Å². The third-order valence-corrected chi connectivity index (χ3v) is 3.24. The fourth-order valence-electron chi connectivity index (χ4n) is 1.85. The molecule has 1 N–H and O–H groups in total. The van der Waals surface area contributed by atoms with Crippen molar-refractivity contribution in [2.75, 3.05) is 13.2 Å². The van der Waals surface area contributed by atoms with Crippen LogP contribution in [-0.2, 0) is 0 Å². The number of rotatable bonds is 5. The fourth-order valence-corrected chi connectivity index (χ4v) is 2.10. The van der Waals surface area contributed by atoms with E-state index in [2.05, 4.69) is 5.32 Å². The van der Waals surface area contributed by atoms with Crippen LogP contribution in [0.4, 0.5) is 4.39 Å². The van der Waals surface area contributed by atoms with Gasteiger partial charge in [0.2, 0.25) is 0 Å². The van der Waals surface area contributed by atoms with Crippen molar-refractivity contribution in [3.05, 3.63) is 64.4 Å². The van der Waals surface area contributed by atoms with E-state index in [1.807, 2.05) is 31.2 Å². The summed E-state index contributed by atoms with van der Waals surface area (Å²) < 4.78 is 19.1. The van der Waals surface area contributed by atoms with Crippen molar-refractivity contribution in [2.24, 2.45) is 0 Å². The van der Waals surface area contributed by atoms with E-state index in [1.54, 1.807) is 0 Å². The summed E-state index contributed by atoms with van der Waals surface area (Å²) in [7, 11) is 0. The summed E-state index contributed by atoms with van der Waals surface area (Å²) in [6, 6.07) is 11.7. The van der Waals surface area contributed by atoms with Crippen molar-refractivity contribution < 1.29 is 13.9 Å². The lowest BCUT2D eigenvalue weighted by Crippen LogP contribution is -2.29. The minimum absolute atomic E-state index is 0.0901. The maximum atomic E-state index is 13.6. The molecule has 0 aliphatic carbocycles. The van der Waals surface area contributed by atoms with E-state index in [-0.39, 0.29) is 17.1 Å².